The van der Waals surface area contributed by atoms with E-state index in [-0.39, 0.29) is 12.0 Å². The molecule has 0 saturated carbocycles. The summed E-state index contributed by atoms with van der Waals surface area (Å²) >= 11 is 0. The highest BCUT2D eigenvalue weighted by atomic mass is 15.2. The normalized spacial score (nSPS) is 29.1. The summed E-state index contributed by atoms with van der Waals surface area (Å²) in [5, 5.41) is 8.92. The largest absolute Gasteiger partial charge is 0.326 e. The van der Waals surface area contributed by atoms with Gasteiger partial charge in [0.1, 0.15) is 0 Å². The molecule has 1 heterocycles. The highest BCUT2D eigenvalue weighted by molar-refractivity contribution is 4.94. The van der Waals surface area contributed by atoms with Crippen LogP contribution in [0.2, 0.25) is 0 Å². The molecule has 14 heavy (non-hydrogen) atoms. The van der Waals surface area contributed by atoms with E-state index in [9.17, 15) is 0 Å². The number of rotatable bonds is 3. The maximum absolute atomic E-state index is 8.92. The Balaban J connectivity index is 2.56. The van der Waals surface area contributed by atoms with E-state index in [1.54, 1.807) is 0 Å². The van der Waals surface area contributed by atoms with Gasteiger partial charge in [0.15, 0.2) is 0 Å². The smallest absolute Gasteiger partial charge is 0.0669 e. The molecular formula is C11H21N3. The van der Waals surface area contributed by atoms with E-state index in [1.165, 1.54) is 0 Å². The summed E-state index contributed by atoms with van der Waals surface area (Å²) in [5.41, 5.74) is 5.95. The number of hydrogen-bond acceptors (Lipinski definition) is 3. The van der Waals surface area contributed by atoms with Gasteiger partial charge < -0.3 is 5.73 Å². The maximum atomic E-state index is 8.92. The third-order valence-corrected chi connectivity index (χ3v) is 3.15. The minimum absolute atomic E-state index is 0.138. The number of nitrogens with zero attached hydrogens (tertiary/aromatic N) is 2. The Kier molecular flexibility index (Phi) is 4.37. The molecule has 1 rings (SSSR count). The molecule has 2 atom stereocenters. The number of piperidine rings is 1. The van der Waals surface area contributed by atoms with Gasteiger partial charge in [0, 0.05) is 25.2 Å². The van der Waals surface area contributed by atoms with Gasteiger partial charge in [-0.15, -0.1) is 0 Å². The molecule has 3 heteroatoms. The molecule has 1 aliphatic heterocycles. The van der Waals surface area contributed by atoms with Crippen LogP contribution in [0, 0.1) is 17.2 Å². The van der Waals surface area contributed by atoms with Crippen molar-refractivity contribution in [1.29, 1.82) is 5.26 Å². The molecule has 0 aromatic heterocycles. The Bertz CT molecular complexity index is 205. The van der Waals surface area contributed by atoms with Gasteiger partial charge in [0.05, 0.1) is 12.0 Å². The van der Waals surface area contributed by atoms with Crippen LogP contribution in [-0.2, 0) is 0 Å². The van der Waals surface area contributed by atoms with Crippen LogP contribution < -0.4 is 5.73 Å². The zero-order chi connectivity index (χ0) is 10.6. The number of nitriles is 1. The molecule has 0 amide bonds. The van der Waals surface area contributed by atoms with Crippen molar-refractivity contribution in [3.05, 3.63) is 0 Å². The van der Waals surface area contributed by atoms with E-state index >= 15 is 0 Å². The monoisotopic (exact) mass is 195 g/mol. The topological polar surface area (TPSA) is 53.0 Å². The molecule has 80 valence electrons. The van der Waals surface area contributed by atoms with Gasteiger partial charge >= 0.3 is 0 Å². The third kappa shape index (κ3) is 2.70. The molecule has 0 radical (unpaired) electrons. The summed E-state index contributed by atoms with van der Waals surface area (Å²) in [6.07, 6.45) is 3.18. The highest BCUT2D eigenvalue weighted by Crippen LogP contribution is 2.19. The van der Waals surface area contributed by atoms with Gasteiger partial charge in [0.2, 0.25) is 0 Å². The predicted octanol–water partition coefficient (Wildman–Crippen LogP) is 1.35. The van der Waals surface area contributed by atoms with Crippen molar-refractivity contribution in [2.45, 2.75) is 45.2 Å². The van der Waals surface area contributed by atoms with Crippen LogP contribution in [0.4, 0.5) is 0 Å². The first-order valence-corrected chi connectivity index (χ1v) is 5.60. The molecule has 0 aliphatic carbocycles. The maximum Gasteiger partial charge on any atom is 0.0669 e. The quantitative estimate of drug-likeness (QED) is 0.739. The molecule has 1 aliphatic rings. The fourth-order valence-electron chi connectivity index (χ4n) is 2.37. The predicted molar refractivity (Wildman–Crippen MR) is 57.6 cm³/mol. The van der Waals surface area contributed by atoms with Crippen molar-refractivity contribution in [1.82, 2.24) is 4.90 Å². The van der Waals surface area contributed by atoms with E-state index in [2.05, 4.69) is 24.8 Å². The van der Waals surface area contributed by atoms with Crippen LogP contribution in [0.3, 0.4) is 0 Å². The molecular weight excluding hydrogens is 174 g/mol. The fourth-order valence-corrected chi connectivity index (χ4v) is 2.37. The number of nitrogens with two attached hydrogens (primary N) is 1. The molecule has 1 unspecified atom stereocenters. The van der Waals surface area contributed by atoms with Crippen LogP contribution in [0.5, 0.6) is 0 Å². The second kappa shape index (κ2) is 5.33. The Morgan fingerprint density at radius 3 is 2.57 bits per heavy atom. The summed E-state index contributed by atoms with van der Waals surface area (Å²) in [6.45, 7) is 6.28. The van der Waals surface area contributed by atoms with Crippen molar-refractivity contribution in [2.24, 2.45) is 11.7 Å². The Morgan fingerprint density at radius 2 is 2.07 bits per heavy atom. The van der Waals surface area contributed by atoms with Gasteiger partial charge in [0.25, 0.3) is 0 Å². The van der Waals surface area contributed by atoms with E-state index in [4.69, 9.17) is 11.0 Å². The Hall–Kier alpha value is -0.590. The van der Waals surface area contributed by atoms with Crippen LogP contribution in [-0.4, -0.2) is 30.1 Å². The summed E-state index contributed by atoms with van der Waals surface area (Å²) in [6, 6.07) is 3.14. The molecule has 1 fully saturated rings. The molecule has 0 bridgehead atoms. The van der Waals surface area contributed by atoms with Crippen LogP contribution in [0.15, 0.2) is 0 Å². The summed E-state index contributed by atoms with van der Waals surface area (Å²) in [7, 11) is 0. The summed E-state index contributed by atoms with van der Waals surface area (Å²) < 4.78 is 0. The highest BCUT2D eigenvalue weighted by Gasteiger charge is 2.27. The number of likely N-dealkylation sites (tertiary alicyclic amines) is 1. The minimum Gasteiger partial charge on any atom is -0.326 e. The zero-order valence-corrected chi connectivity index (χ0v) is 9.24. The van der Waals surface area contributed by atoms with Gasteiger partial charge in [-0.1, -0.05) is 13.8 Å². The molecule has 0 spiro atoms. The average molecular weight is 195 g/mol. The Morgan fingerprint density at radius 1 is 1.43 bits per heavy atom. The lowest BCUT2D eigenvalue weighted by molar-refractivity contribution is 0.121. The van der Waals surface area contributed by atoms with Gasteiger partial charge in [-0.3, -0.25) is 4.90 Å². The zero-order valence-electron chi connectivity index (χ0n) is 9.24. The number of hydrogen-bond donors (Lipinski definition) is 1. The van der Waals surface area contributed by atoms with Crippen molar-refractivity contribution >= 4 is 0 Å². The summed E-state index contributed by atoms with van der Waals surface area (Å²) in [4.78, 5) is 2.39. The van der Waals surface area contributed by atoms with Crippen LogP contribution >= 0.6 is 0 Å². The molecule has 0 aromatic rings. The minimum atomic E-state index is 0.138. The Labute approximate surface area is 86.9 Å². The van der Waals surface area contributed by atoms with Crippen LogP contribution in [0.25, 0.3) is 0 Å². The standard InChI is InChI=1S/C11H21N3/c1-3-11(4-2)14-7-9(6-12)5-10(13)8-14/h9-11H,3-5,7-8,13H2,1-2H3/t9?,10-/m1/s1. The lowest BCUT2D eigenvalue weighted by Gasteiger charge is -2.38. The van der Waals surface area contributed by atoms with Gasteiger partial charge in [-0.25, -0.2) is 0 Å². The van der Waals surface area contributed by atoms with E-state index in [0.29, 0.717) is 6.04 Å². The van der Waals surface area contributed by atoms with Crippen LogP contribution in [0.1, 0.15) is 33.1 Å². The van der Waals surface area contributed by atoms with Crippen molar-refractivity contribution < 1.29 is 0 Å². The SMILES string of the molecule is CCC(CC)N1CC(C#N)C[C@@H](N)C1. The molecule has 0 aromatic carbocycles. The van der Waals surface area contributed by atoms with E-state index < -0.39 is 0 Å². The van der Waals surface area contributed by atoms with Gasteiger partial charge in [-0.2, -0.15) is 5.26 Å². The van der Waals surface area contributed by atoms with Gasteiger partial charge in [-0.05, 0) is 19.3 Å². The van der Waals surface area contributed by atoms with Crippen molar-refractivity contribution in [2.75, 3.05) is 13.1 Å². The van der Waals surface area contributed by atoms with Crippen molar-refractivity contribution in [3.63, 3.8) is 0 Å². The first-order valence-electron chi connectivity index (χ1n) is 5.60. The average Bonchev–Trinajstić information content (AvgIpc) is 2.19. The first-order chi connectivity index (χ1) is 6.71. The third-order valence-electron chi connectivity index (χ3n) is 3.15. The molecule has 3 nitrogen and oxygen atoms in total. The lowest BCUT2D eigenvalue weighted by Crippen LogP contribution is -2.50. The second-order valence-electron chi connectivity index (χ2n) is 4.25. The molecule has 1 saturated heterocycles. The fraction of sp³-hybridized carbons (Fsp3) is 0.909. The summed E-state index contributed by atoms with van der Waals surface area (Å²) in [5.74, 6) is 0.138. The second-order valence-corrected chi connectivity index (χ2v) is 4.25. The van der Waals surface area contributed by atoms with E-state index in [1.807, 2.05) is 0 Å². The lowest BCUT2D eigenvalue weighted by atomic mass is 9.94. The molecule has 2 N–H and O–H groups in total. The first kappa shape index (κ1) is 11.5. The van der Waals surface area contributed by atoms with E-state index in [0.717, 1.165) is 32.4 Å². The van der Waals surface area contributed by atoms with Crippen molar-refractivity contribution in [3.8, 4) is 6.07 Å².